The molecule has 1 atom stereocenters. The summed E-state index contributed by atoms with van der Waals surface area (Å²) in [5.41, 5.74) is 1.28. The quantitative estimate of drug-likeness (QED) is 0.926. The maximum atomic E-state index is 13.0. The van der Waals surface area contributed by atoms with Crippen molar-refractivity contribution in [3.8, 4) is 5.69 Å². The van der Waals surface area contributed by atoms with E-state index in [0.29, 0.717) is 25.1 Å². The molecule has 2 aromatic heterocycles. The van der Waals surface area contributed by atoms with Gasteiger partial charge in [-0.2, -0.15) is 0 Å². The molecule has 2 fully saturated rings. The van der Waals surface area contributed by atoms with E-state index < -0.39 is 0 Å². The number of aliphatic hydroxyl groups is 1. The number of amides is 1. The molecule has 1 aliphatic carbocycles. The number of hydrogen-bond acceptors (Lipinski definition) is 3. The standard InChI is InChI=1S/C18H21N3O2/c22-15-5-11-21(18(13-15)6-3-7-18)17(23)16-12-14(4-8-19-16)20-9-1-2-10-20/h1-2,4,8-10,12,15,22H,3,5-7,11,13H2. The topological polar surface area (TPSA) is 58.4 Å². The van der Waals surface area contributed by atoms with Gasteiger partial charge in [0.2, 0.25) is 0 Å². The minimum Gasteiger partial charge on any atom is -0.393 e. The first-order chi connectivity index (χ1) is 11.2. The number of aromatic nitrogens is 2. The summed E-state index contributed by atoms with van der Waals surface area (Å²) in [6.07, 6.45) is 9.80. The second-order valence-electron chi connectivity index (χ2n) is 6.67. The van der Waals surface area contributed by atoms with Gasteiger partial charge in [-0.25, -0.2) is 0 Å². The van der Waals surface area contributed by atoms with Gasteiger partial charge >= 0.3 is 0 Å². The number of aliphatic hydroxyl groups excluding tert-OH is 1. The Hall–Kier alpha value is -2.14. The summed E-state index contributed by atoms with van der Waals surface area (Å²) in [6.45, 7) is 0.620. The van der Waals surface area contributed by atoms with Crippen molar-refractivity contribution in [2.45, 2.75) is 43.7 Å². The lowest BCUT2D eigenvalue weighted by atomic mass is 9.69. The van der Waals surface area contributed by atoms with Crippen molar-refractivity contribution in [3.63, 3.8) is 0 Å². The molecule has 23 heavy (non-hydrogen) atoms. The monoisotopic (exact) mass is 311 g/mol. The van der Waals surface area contributed by atoms with Crippen molar-refractivity contribution in [1.82, 2.24) is 14.5 Å². The third-order valence-corrected chi connectivity index (χ3v) is 5.27. The van der Waals surface area contributed by atoms with Gasteiger partial charge in [-0.1, -0.05) is 0 Å². The average molecular weight is 311 g/mol. The third kappa shape index (κ3) is 2.45. The highest BCUT2D eigenvalue weighted by Gasteiger charge is 2.48. The highest BCUT2D eigenvalue weighted by atomic mass is 16.3. The SMILES string of the molecule is O=C(c1cc(-n2cccc2)ccn1)N1CCC(O)CC12CCC2. The van der Waals surface area contributed by atoms with Crippen LogP contribution in [0.3, 0.4) is 0 Å². The summed E-state index contributed by atoms with van der Waals surface area (Å²) in [4.78, 5) is 19.3. The zero-order valence-electron chi connectivity index (χ0n) is 13.1. The first-order valence-electron chi connectivity index (χ1n) is 8.27. The van der Waals surface area contributed by atoms with Crippen LogP contribution in [0.4, 0.5) is 0 Å². The lowest BCUT2D eigenvalue weighted by molar-refractivity contribution is -0.0486. The predicted molar refractivity (Wildman–Crippen MR) is 86.4 cm³/mol. The molecule has 1 aliphatic heterocycles. The molecular weight excluding hydrogens is 290 g/mol. The highest BCUT2D eigenvalue weighted by Crippen LogP contribution is 2.44. The Kier molecular flexibility index (Phi) is 3.45. The number of piperidine rings is 1. The number of rotatable bonds is 2. The number of hydrogen-bond donors (Lipinski definition) is 1. The van der Waals surface area contributed by atoms with Crippen LogP contribution in [0, 0.1) is 0 Å². The number of nitrogens with zero attached hydrogens (tertiary/aromatic N) is 3. The van der Waals surface area contributed by atoms with E-state index in [1.165, 1.54) is 0 Å². The molecule has 4 rings (SSSR count). The summed E-state index contributed by atoms with van der Waals surface area (Å²) >= 11 is 0. The second kappa shape index (κ2) is 5.49. The molecular formula is C18H21N3O2. The van der Waals surface area contributed by atoms with Crippen molar-refractivity contribution < 1.29 is 9.90 Å². The Labute approximate surface area is 135 Å². The largest absolute Gasteiger partial charge is 0.393 e. The fourth-order valence-electron chi connectivity index (χ4n) is 3.88. The number of pyridine rings is 1. The molecule has 1 unspecified atom stereocenters. The van der Waals surface area contributed by atoms with Crippen LogP contribution in [0.25, 0.3) is 5.69 Å². The van der Waals surface area contributed by atoms with Crippen molar-refractivity contribution in [3.05, 3.63) is 48.5 Å². The maximum absolute atomic E-state index is 13.0. The van der Waals surface area contributed by atoms with Crippen LogP contribution >= 0.6 is 0 Å². The van der Waals surface area contributed by atoms with E-state index >= 15 is 0 Å². The second-order valence-corrected chi connectivity index (χ2v) is 6.67. The van der Waals surface area contributed by atoms with Crippen molar-refractivity contribution >= 4 is 5.91 Å². The van der Waals surface area contributed by atoms with E-state index in [0.717, 1.165) is 24.9 Å². The minimum absolute atomic E-state index is 0.00870. The zero-order valence-corrected chi connectivity index (χ0v) is 13.1. The number of carbonyl (C=O) groups is 1. The molecule has 0 bridgehead atoms. The van der Waals surface area contributed by atoms with Gasteiger partial charge in [-0.3, -0.25) is 9.78 Å². The molecule has 1 saturated carbocycles. The van der Waals surface area contributed by atoms with E-state index in [4.69, 9.17) is 0 Å². The van der Waals surface area contributed by atoms with E-state index in [9.17, 15) is 9.90 Å². The molecule has 1 spiro atoms. The van der Waals surface area contributed by atoms with Crippen LogP contribution in [-0.4, -0.2) is 43.7 Å². The molecule has 0 aromatic carbocycles. The fraction of sp³-hybridized carbons (Fsp3) is 0.444. The van der Waals surface area contributed by atoms with Crippen molar-refractivity contribution in [1.29, 1.82) is 0 Å². The van der Waals surface area contributed by atoms with Gasteiger partial charge in [0.25, 0.3) is 5.91 Å². The maximum Gasteiger partial charge on any atom is 0.272 e. The Bertz CT molecular complexity index is 707. The molecule has 5 nitrogen and oxygen atoms in total. The third-order valence-electron chi connectivity index (χ3n) is 5.27. The highest BCUT2D eigenvalue weighted by molar-refractivity contribution is 5.93. The zero-order chi connectivity index (χ0) is 15.9. The first-order valence-corrected chi connectivity index (χ1v) is 8.27. The molecule has 2 aromatic rings. The molecule has 1 amide bonds. The van der Waals surface area contributed by atoms with Crippen LogP contribution in [-0.2, 0) is 0 Å². The van der Waals surface area contributed by atoms with Crippen molar-refractivity contribution in [2.24, 2.45) is 0 Å². The van der Waals surface area contributed by atoms with Crippen LogP contribution in [0.5, 0.6) is 0 Å². The summed E-state index contributed by atoms with van der Waals surface area (Å²) in [6, 6.07) is 7.66. The van der Waals surface area contributed by atoms with Gasteiger partial charge in [-0.15, -0.1) is 0 Å². The van der Waals surface area contributed by atoms with E-state index in [1.54, 1.807) is 6.20 Å². The Morgan fingerprint density at radius 1 is 1.30 bits per heavy atom. The summed E-state index contributed by atoms with van der Waals surface area (Å²) in [7, 11) is 0. The molecule has 2 aliphatic rings. The molecule has 0 radical (unpaired) electrons. The fourth-order valence-corrected chi connectivity index (χ4v) is 3.88. The molecule has 120 valence electrons. The molecule has 1 N–H and O–H groups in total. The summed E-state index contributed by atoms with van der Waals surface area (Å²) in [5, 5.41) is 9.99. The molecule has 1 saturated heterocycles. The predicted octanol–water partition coefficient (Wildman–Crippen LogP) is 2.39. The van der Waals surface area contributed by atoms with Crippen molar-refractivity contribution in [2.75, 3.05) is 6.54 Å². The van der Waals surface area contributed by atoms with Gasteiger partial charge in [0.05, 0.1) is 6.10 Å². The molecule has 5 heteroatoms. The van der Waals surface area contributed by atoms with E-state index in [2.05, 4.69) is 4.98 Å². The van der Waals surface area contributed by atoms with E-state index in [-0.39, 0.29) is 17.6 Å². The van der Waals surface area contributed by atoms with Crippen LogP contribution < -0.4 is 0 Å². The Balaban J connectivity index is 1.63. The van der Waals surface area contributed by atoms with Crippen LogP contribution in [0.1, 0.15) is 42.6 Å². The normalized spacial score (nSPS) is 22.8. The summed E-state index contributed by atoms with van der Waals surface area (Å²) < 4.78 is 1.97. The van der Waals surface area contributed by atoms with Gasteiger partial charge in [-0.05, 0) is 56.4 Å². The Morgan fingerprint density at radius 3 is 2.78 bits per heavy atom. The van der Waals surface area contributed by atoms with Gasteiger partial charge < -0.3 is 14.6 Å². The van der Waals surface area contributed by atoms with E-state index in [1.807, 2.05) is 46.1 Å². The lowest BCUT2D eigenvalue weighted by Gasteiger charge is -2.54. The van der Waals surface area contributed by atoms with Gasteiger partial charge in [0.15, 0.2) is 0 Å². The first kappa shape index (κ1) is 14.5. The lowest BCUT2D eigenvalue weighted by Crippen LogP contribution is -2.61. The van der Waals surface area contributed by atoms with Crippen LogP contribution in [0.2, 0.25) is 0 Å². The number of likely N-dealkylation sites (tertiary alicyclic amines) is 1. The van der Waals surface area contributed by atoms with Gasteiger partial charge in [0.1, 0.15) is 5.69 Å². The minimum atomic E-state index is -0.279. The number of carbonyl (C=O) groups excluding carboxylic acids is 1. The Morgan fingerprint density at radius 2 is 2.09 bits per heavy atom. The average Bonchev–Trinajstić information content (AvgIpc) is 3.07. The van der Waals surface area contributed by atoms with Gasteiger partial charge in [0, 0.05) is 36.4 Å². The molecule has 3 heterocycles. The van der Waals surface area contributed by atoms with Crippen LogP contribution in [0.15, 0.2) is 42.9 Å². The summed E-state index contributed by atoms with van der Waals surface area (Å²) in [5.74, 6) is -0.00870. The smallest absolute Gasteiger partial charge is 0.272 e.